The summed E-state index contributed by atoms with van der Waals surface area (Å²) >= 11 is 0. The third-order valence-electron chi connectivity index (χ3n) is 2.78. The SMILES string of the molecule is CCC(=O)N1CC(C)Oc2ccc(C)cc21. The molecule has 2 rings (SSSR count). The Bertz CT molecular complexity index is 414. The van der Waals surface area contributed by atoms with Crippen molar-refractivity contribution in [2.75, 3.05) is 11.4 Å². The van der Waals surface area contributed by atoms with Crippen LogP contribution in [0, 0.1) is 6.92 Å². The fourth-order valence-corrected chi connectivity index (χ4v) is 1.97. The van der Waals surface area contributed by atoms with Gasteiger partial charge in [-0.15, -0.1) is 0 Å². The summed E-state index contributed by atoms with van der Waals surface area (Å²) in [4.78, 5) is 13.7. The molecule has 1 unspecified atom stereocenters. The Morgan fingerprint density at radius 3 is 3.00 bits per heavy atom. The first-order valence-electron chi connectivity index (χ1n) is 5.69. The number of hydrogen-bond acceptors (Lipinski definition) is 2. The van der Waals surface area contributed by atoms with Gasteiger partial charge >= 0.3 is 0 Å². The van der Waals surface area contributed by atoms with Crippen LogP contribution in [0.1, 0.15) is 25.8 Å². The molecule has 0 saturated heterocycles. The van der Waals surface area contributed by atoms with Crippen LogP contribution in [0.2, 0.25) is 0 Å². The zero-order valence-corrected chi connectivity index (χ0v) is 9.99. The fourth-order valence-electron chi connectivity index (χ4n) is 1.97. The number of anilines is 1. The minimum absolute atomic E-state index is 0.0608. The number of nitrogens with zero attached hydrogens (tertiary/aromatic N) is 1. The van der Waals surface area contributed by atoms with Gasteiger partial charge < -0.3 is 9.64 Å². The lowest BCUT2D eigenvalue weighted by atomic mass is 10.1. The van der Waals surface area contributed by atoms with Gasteiger partial charge in [-0.3, -0.25) is 4.79 Å². The topological polar surface area (TPSA) is 29.5 Å². The predicted molar refractivity (Wildman–Crippen MR) is 63.9 cm³/mol. The summed E-state index contributed by atoms with van der Waals surface area (Å²) < 4.78 is 5.72. The van der Waals surface area contributed by atoms with E-state index in [1.807, 2.05) is 43.9 Å². The predicted octanol–water partition coefficient (Wildman–Crippen LogP) is 2.52. The maximum Gasteiger partial charge on any atom is 0.226 e. The number of rotatable bonds is 1. The van der Waals surface area contributed by atoms with E-state index in [2.05, 4.69) is 0 Å². The zero-order valence-electron chi connectivity index (χ0n) is 9.99. The van der Waals surface area contributed by atoms with Crippen molar-refractivity contribution in [1.29, 1.82) is 0 Å². The first-order valence-corrected chi connectivity index (χ1v) is 5.69. The van der Waals surface area contributed by atoms with Crippen molar-refractivity contribution in [3.05, 3.63) is 23.8 Å². The van der Waals surface area contributed by atoms with Crippen LogP contribution in [-0.4, -0.2) is 18.6 Å². The van der Waals surface area contributed by atoms with Crippen molar-refractivity contribution in [3.8, 4) is 5.75 Å². The van der Waals surface area contributed by atoms with Crippen molar-refractivity contribution in [2.45, 2.75) is 33.3 Å². The molecule has 0 aromatic heterocycles. The first kappa shape index (κ1) is 11.0. The molecular formula is C13H17NO2. The van der Waals surface area contributed by atoms with E-state index in [1.54, 1.807) is 0 Å². The van der Waals surface area contributed by atoms with E-state index in [1.165, 1.54) is 0 Å². The molecule has 1 aromatic carbocycles. The first-order chi connectivity index (χ1) is 7.61. The Morgan fingerprint density at radius 1 is 1.56 bits per heavy atom. The van der Waals surface area contributed by atoms with Crippen molar-refractivity contribution in [1.82, 2.24) is 0 Å². The van der Waals surface area contributed by atoms with Gasteiger partial charge in [0.15, 0.2) is 0 Å². The quantitative estimate of drug-likeness (QED) is 0.726. The molecule has 0 radical (unpaired) electrons. The van der Waals surface area contributed by atoms with E-state index in [0.717, 1.165) is 17.0 Å². The summed E-state index contributed by atoms with van der Waals surface area (Å²) in [6.45, 7) is 6.53. The van der Waals surface area contributed by atoms with Gasteiger partial charge in [0, 0.05) is 6.42 Å². The lowest BCUT2D eigenvalue weighted by molar-refractivity contribution is -0.118. The Hall–Kier alpha value is -1.51. The highest BCUT2D eigenvalue weighted by Crippen LogP contribution is 2.34. The number of benzene rings is 1. The van der Waals surface area contributed by atoms with E-state index in [4.69, 9.17) is 4.74 Å². The molecule has 0 bridgehead atoms. The van der Waals surface area contributed by atoms with Crippen LogP contribution in [0.4, 0.5) is 5.69 Å². The van der Waals surface area contributed by atoms with Gasteiger partial charge in [0.1, 0.15) is 11.9 Å². The molecular weight excluding hydrogens is 202 g/mol. The van der Waals surface area contributed by atoms with Crippen LogP contribution in [-0.2, 0) is 4.79 Å². The third-order valence-corrected chi connectivity index (χ3v) is 2.78. The summed E-state index contributed by atoms with van der Waals surface area (Å²) in [6, 6.07) is 5.95. The number of ether oxygens (including phenoxy) is 1. The van der Waals surface area contributed by atoms with Gasteiger partial charge in [-0.05, 0) is 31.5 Å². The lowest BCUT2D eigenvalue weighted by Gasteiger charge is -2.33. The fraction of sp³-hybridized carbons (Fsp3) is 0.462. The molecule has 86 valence electrons. The van der Waals surface area contributed by atoms with Gasteiger partial charge in [0.05, 0.1) is 12.2 Å². The van der Waals surface area contributed by atoms with Gasteiger partial charge in [-0.1, -0.05) is 13.0 Å². The summed E-state index contributed by atoms with van der Waals surface area (Å²) in [5.41, 5.74) is 2.05. The molecule has 0 aliphatic carbocycles. The smallest absolute Gasteiger partial charge is 0.226 e. The second-order valence-corrected chi connectivity index (χ2v) is 4.26. The van der Waals surface area contributed by atoms with Crippen molar-refractivity contribution in [2.24, 2.45) is 0 Å². The van der Waals surface area contributed by atoms with E-state index in [0.29, 0.717) is 13.0 Å². The second kappa shape index (κ2) is 4.16. The van der Waals surface area contributed by atoms with Crippen LogP contribution in [0.5, 0.6) is 5.75 Å². The summed E-state index contributed by atoms with van der Waals surface area (Å²) in [5, 5.41) is 0. The minimum atomic E-state index is 0.0608. The highest BCUT2D eigenvalue weighted by Gasteiger charge is 2.26. The van der Waals surface area contributed by atoms with Gasteiger partial charge in [-0.2, -0.15) is 0 Å². The number of carbonyl (C=O) groups is 1. The van der Waals surface area contributed by atoms with Crippen LogP contribution < -0.4 is 9.64 Å². The Labute approximate surface area is 96.0 Å². The second-order valence-electron chi connectivity index (χ2n) is 4.26. The summed E-state index contributed by atoms with van der Waals surface area (Å²) in [6.07, 6.45) is 0.589. The Kier molecular flexibility index (Phi) is 2.86. The monoisotopic (exact) mass is 219 g/mol. The molecule has 1 aliphatic rings. The number of hydrogen-bond donors (Lipinski definition) is 0. The normalized spacial score (nSPS) is 18.9. The third kappa shape index (κ3) is 1.90. The molecule has 1 aromatic rings. The van der Waals surface area contributed by atoms with Gasteiger partial charge in [0.25, 0.3) is 0 Å². The lowest BCUT2D eigenvalue weighted by Crippen LogP contribution is -2.42. The maximum absolute atomic E-state index is 11.9. The van der Waals surface area contributed by atoms with Crippen molar-refractivity contribution in [3.63, 3.8) is 0 Å². The molecule has 16 heavy (non-hydrogen) atoms. The van der Waals surface area contributed by atoms with Crippen LogP contribution in [0.25, 0.3) is 0 Å². The largest absolute Gasteiger partial charge is 0.487 e. The molecule has 0 N–H and O–H groups in total. The molecule has 0 fully saturated rings. The van der Waals surface area contributed by atoms with E-state index < -0.39 is 0 Å². The van der Waals surface area contributed by atoms with Crippen LogP contribution in [0.3, 0.4) is 0 Å². The average Bonchev–Trinajstić information content (AvgIpc) is 2.27. The van der Waals surface area contributed by atoms with Crippen molar-refractivity contribution >= 4 is 11.6 Å². The summed E-state index contributed by atoms with van der Waals surface area (Å²) in [5.74, 6) is 0.966. The zero-order chi connectivity index (χ0) is 11.7. The number of fused-ring (bicyclic) bond motifs is 1. The molecule has 1 heterocycles. The summed E-state index contributed by atoms with van der Waals surface area (Å²) in [7, 11) is 0. The van der Waals surface area contributed by atoms with Crippen molar-refractivity contribution < 1.29 is 9.53 Å². The molecule has 1 atom stereocenters. The average molecular weight is 219 g/mol. The molecule has 3 heteroatoms. The number of aryl methyl sites for hydroxylation is 1. The maximum atomic E-state index is 11.9. The molecule has 3 nitrogen and oxygen atoms in total. The highest BCUT2D eigenvalue weighted by atomic mass is 16.5. The molecule has 0 saturated carbocycles. The molecule has 0 spiro atoms. The van der Waals surface area contributed by atoms with E-state index in [9.17, 15) is 4.79 Å². The van der Waals surface area contributed by atoms with Gasteiger partial charge in [0.2, 0.25) is 5.91 Å². The molecule has 1 aliphatic heterocycles. The van der Waals surface area contributed by atoms with E-state index >= 15 is 0 Å². The number of amides is 1. The van der Waals surface area contributed by atoms with Crippen LogP contribution >= 0.6 is 0 Å². The highest BCUT2D eigenvalue weighted by molar-refractivity contribution is 5.95. The molecule has 1 amide bonds. The minimum Gasteiger partial charge on any atom is -0.487 e. The van der Waals surface area contributed by atoms with E-state index in [-0.39, 0.29) is 12.0 Å². The Morgan fingerprint density at radius 2 is 2.31 bits per heavy atom. The van der Waals surface area contributed by atoms with Crippen LogP contribution in [0.15, 0.2) is 18.2 Å². The standard InChI is InChI=1S/C13H17NO2/c1-4-13(15)14-8-10(3)16-12-6-5-9(2)7-11(12)14/h5-7,10H,4,8H2,1-3H3. The number of carbonyl (C=O) groups excluding carboxylic acids is 1. The Balaban J connectivity index is 2.43. The van der Waals surface area contributed by atoms with Gasteiger partial charge in [-0.25, -0.2) is 0 Å².